The molecule has 0 fully saturated rings. The third-order valence-corrected chi connectivity index (χ3v) is 2.71. The van der Waals surface area contributed by atoms with E-state index in [1.807, 2.05) is 6.92 Å². The van der Waals surface area contributed by atoms with Gasteiger partial charge in [0.15, 0.2) is 0 Å². The fourth-order valence-electron chi connectivity index (χ4n) is 1.71. The van der Waals surface area contributed by atoms with Crippen LogP contribution in [0.25, 0.3) is 0 Å². The zero-order valence-corrected chi connectivity index (χ0v) is 9.98. The van der Waals surface area contributed by atoms with Crippen LogP contribution in [-0.2, 0) is 4.79 Å². The zero-order chi connectivity index (χ0) is 13.0. The van der Waals surface area contributed by atoms with Crippen molar-refractivity contribution < 1.29 is 9.18 Å². The molecule has 0 aliphatic heterocycles. The van der Waals surface area contributed by atoms with Crippen LogP contribution in [-0.4, -0.2) is 16.1 Å². The monoisotopic (exact) mass is 247 g/mol. The molecule has 2 rings (SSSR count). The normalized spacial score (nSPS) is 12.1. The maximum atomic E-state index is 12.8. The van der Waals surface area contributed by atoms with Crippen molar-refractivity contribution in [1.82, 2.24) is 10.2 Å². The van der Waals surface area contributed by atoms with Crippen molar-refractivity contribution in [2.75, 3.05) is 5.32 Å². The average Bonchev–Trinajstić information content (AvgIpc) is 2.82. The van der Waals surface area contributed by atoms with Gasteiger partial charge in [0.2, 0.25) is 5.91 Å². The van der Waals surface area contributed by atoms with E-state index < -0.39 is 0 Å². The number of anilines is 1. The molecule has 1 aromatic carbocycles. The predicted molar refractivity (Wildman–Crippen MR) is 66.6 cm³/mol. The maximum Gasteiger partial charge on any atom is 0.226 e. The highest BCUT2D eigenvalue weighted by atomic mass is 19.1. The van der Waals surface area contributed by atoms with Gasteiger partial charge in [0.25, 0.3) is 0 Å². The van der Waals surface area contributed by atoms with Crippen LogP contribution < -0.4 is 5.32 Å². The Morgan fingerprint density at radius 1 is 1.39 bits per heavy atom. The third kappa shape index (κ3) is 3.16. The molecule has 0 saturated heterocycles. The van der Waals surface area contributed by atoms with Crippen LogP contribution in [0, 0.1) is 5.82 Å². The summed E-state index contributed by atoms with van der Waals surface area (Å²) in [5.41, 5.74) is 0.941. The van der Waals surface area contributed by atoms with Crippen molar-refractivity contribution >= 4 is 11.7 Å². The fraction of sp³-hybridized carbons (Fsp3) is 0.231. The van der Waals surface area contributed by atoms with Gasteiger partial charge in [-0.25, -0.2) is 4.39 Å². The fourth-order valence-corrected chi connectivity index (χ4v) is 1.71. The first-order valence-electron chi connectivity index (χ1n) is 5.70. The van der Waals surface area contributed by atoms with E-state index >= 15 is 0 Å². The lowest BCUT2D eigenvalue weighted by atomic mass is 9.97. The van der Waals surface area contributed by atoms with Gasteiger partial charge in [-0.1, -0.05) is 19.1 Å². The number of hydrogen-bond donors (Lipinski definition) is 2. The van der Waals surface area contributed by atoms with E-state index in [4.69, 9.17) is 0 Å². The summed E-state index contributed by atoms with van der Waals surface area (Å²) in [6.45, 7) is 1.93. The van der Waals surface area contributed by atoms with Crippen LogP contribution in [0.1, 0.15) is 24.8 Å². The summed E-state index contributed by atoms with van der Waals surface area (Å²) in [6, 6.07) is 7.88. The average molecular weight is 247 g/mol. The van der Waals surface area contributed by atoms with E-state index in [-0.39, 0.29) is 17.6 Å². The summed E-state index contributed by atoms with van der Waals surface area (Å²) in [6.07, 6.45) is 1.91. The van der Waals surface area contributed by atoms with Crippen LogP contribution >= 0.6 is 0 Å². The molecule has 2 aromatic rings. The van der Waals surface area contributed by atoms with Crippen LogP contribution in [0.5, 0.6) is 0 Å². The maximum absolute atomic E-state index is 12.8. The van der Waals surface area contributed by atoms with Gasteiger partial charge in [-0.2, -0.15) is 5.10 Å². The summed E-state index contributed by atoms with van der Waals surface area (Å²) in [7, 11) is 0. The van der Waals surface area contributed by atoms with Gasteiger partial charge in [0, 0.05) is 12.5 Å². The molecule has 1 atom stereocenters. The molecule has 18 heavy (non-hydrogen) atoms. The van der Waals surface area contributed by atoms with E-state index in [1.54, 1.807) is 24.4 Å². The van der Waals surface area contributed by atoms with Crippen molar-refractivity contribution in [3.05, 3.63) is 47.9 Å². The number of nitrogens with one attached hydrogen (secondary N) is 2. The molecule has 5 heteroatoms. The summed E-state index contributed by atoms with van der Waals surface area (Å²) in [5.74, 6) is 0.240. The molecule has 0 aliphatic carbocycles. The third-order valence-electron chi connectivity index (χ3n) is 2.71. The summed E-state index contributed by atoms with van der Waals surface area (Å²) in [5, 5.41) is 9.10. The van der Waals surface area contributed by atoms with Crippen LogP contribution in [0.4, 0.5) is 10.2 Å². The van der Waals surface area contributed by atoms with E-state index in [9.17, 15) is 9.18 Å². The molecule has 0 saturated carbocycles. The Hall–Kier alpha value is -2.17. The van der Waals surface area contributed by atoms with Gasteiger partial charge in [0.05, 0.1) is 6.20 Å². The molecule has 0 bridgehead atoms. The zero-order valence-electron chi connectivity index (χ0n) is 9.98. The minimum absolute atomic E-state index is 0.0357. The van der Waals surface area contributed by atoms with Crippen molar-refractivity contribution in [3.8, 4) is 0 Å². The Morgan fingerprint density at radius 2 is 2.11 bits per heavy atom. The van der Waals surface area contributed by atoms with Crippen LogP contribution in [0.3, 0.4) is 0 Å². The lowest BCUT2D eigenvalue weighted by Gasteiger charge is -2.11. The van der Waals surface area contributed by atoms with Crippen molar-refractivity contribution in [2.45, 2.75) is 19.3 Å². The first-order chi connectivity index (χ1) is 8.65. The Balaban J connectivity index is 1.92. The van der Waals surface area contributed by atoms with Crippen molar-refractivity contribution in [1.29, 1.82) is 0 Å². The van der Waals surface area contributed by atoms with E-state index in [0.717, 1.165) is 5.56 Å². The number of H-pyrrole nitrogens is 1. The second-order valence-corrected chi connectivity index (χ2v) is 4.18. The molecule has 4 nitrogen and oxygen atoms in total. The van der Waals surface area contributed by atoms with Crippen LogP contribution in [0.15, 0.2) is 36.5 Å². The first kappa shape index (κ1) is 12.3. The van der Waals surface area contributed by atoms with Gasteiger partial charge in [0.1, 0.15) is 11.6 Å². The minimum atomic E-state index is -0.270. The first-order valence-corrected chi connectivity index (χ1v) is 5.70. The van der Waals surface area contributed by atoms with Gasteiger partial charge in [-0.05, 0) is 23.6 Å². The number of aromatic amines is 1. The highest BCUT2D eigenvalue weighted by molar-refractivity contribution is 5.90. The predicted octanol–water partition coefficient (Wildman–Crippen LogP) is 2.68. The van der Waals surface area contributed by atoms with E-state index in [1.165, 1.54) is 12.1 Å². The van der Waals surface area contributed by atoms with Gasteiger partial charge in [-0.3, -0.25) is 9.89 Å². The second-order valence-electron chi connectivity index (χ2n) is 4.18. The summed E-state index contributed by atoms with van der Waals surface area (Å²) >= 11 is 0. The summed E-state index contributed by atoms with van der Waals surface area (Å²) in [4.78, 5) is 11.7. The SMILES string of the molecule is C[C@@H](CC(=O)Nc1ccn[nH]1)c1ccc(F)cc1. The molecule has 1 heterocycles. The lowest BCUT2D eigenvalue weighted by molar-refractivity contribution is -0.116. The topological polar surface area (TPSA) is 57.8 Å². The number of hydrogen-bond acceptors (Lipinski definition) is 2. The number of aromatic nitrogens is 2. The molecule has 2 N–H and O–H groups in total. The molecule has 1 aromatic heterocycles. The molecule has 0 spiro atoms. The highest BCUT2D eigenvalue weighted by Crippen LogP contribution is 2.19. The number of amides is 1. The van der Waals surface area contributed by atoms with Gasteiger partial charge >= 0.3 is 0 Å². The lowest BCUT2D eigenvalue weighted by Crippen LogP contribution is -2.14. The Morgan fingerprint density at radius 3 is 2.72 bits per heavy atom. The number of halogens is 1. The number of nitrogens with zero attached hydrogens (tertiary/aromatic N) is 1. The molecule has 1 amide bonds. The second kappa shape index (κ2) is 5.44. The molecule has 0 radical (unpaired) electrons. The molecule has 94 valence electrons. The number of rotatable bonds is 4. The minimum Gasteiger partial charge on any atom is -0.311 e. The van der Waals surface area contributed by atoms with Gasteiger partial charge in [-0.15, -0.1) is 0 Å². The number of carbonyl (C=O) groups excluding carboxylic acids is 1. The number of carbonyl (C=O) groups is 1. The van der Waals surface area contributed by atoms with Crippen LogP contribution in [0.2, 0.25) is 0 Å². The standard InChI is InChI=1S/C13H14FN3O/c1-9(10-2-4-11(14)5-3-10)8-13(18)16-12-6-7-15-17-12/h2-7,9H,8H2,1H3,(H2,15,16,17,18)/t9-/m0/s1. The van der Waals surface area contributed by atoms with E-state index in [2.05, 4.69) is 15.5 Å². The van der Waals surface area contributed by atoms with Crippen molar-refractivity contribution in [2.24, 2.45) is 0 Å². The quantitative estimate of drug-likeness (QED) is 0.872. The Labute approximate surface area is 104 Å². The molecular weight excluding hydrogens is 233 g/mol. The molecule has 0 unspecified atom stereocenters. The number of benzene rings is 1. The largest absolute Gasteiger partial charge is 0.311 e. The summed E-state index contributed by atoms with van der Waals surface area (Å²) < 4.78 is 12.8. The van der Waals surface area contributed by atoms with E-state index in [0.29, 0.717) is 12.2 Å². The smallest absolute Gasteiger partial charge is 0.226 e. The Kier molecular flexibility index (Phi) is 3.72. The molecular formula is C13H14FN3O. The highest BCUT2D eigenvalue weighted by Gasteiger charge is 2.11. The van der Waals surface area contributed by atoms with Gasteiger partial charge < -0.3 is 5.32 Å². The Bertz CT molecular complexity index is 508. The molecule has 0 aliphatic rings. The van der Waals surface area contributed by atoms with Crippen molar-refractivity contribution in [3.63, 3.8) is 0 Å².